The van der Waals surface area contributed by atoms with Crippen LogP contribution in [-0.4, -0.2) is 25.2 Å². The van der Waals surface area contributed by atoms with Gasteiger partial charge in [0.25, 0.3) is 0 Å². The van der Waals surface area contributed by atoms with E-state index in [2.05, 4.69) is 33.2 Å². The topological polar surface area (TPSA) is 34.1 Å². The summed E-state index contributed by atoms with van der Waals surface area (Å²) in [6.45, 7) is 5.76. The van der Waals surface area contributed by atoms with Crippen LogP contribution in [0.25, 0.3) is 0 Å². The van der Waals surface area contributed by atoms with Crippen molar-refractivity contribution in [3.8, 4) is 0 Å². The van der Waals surface area contributed by atoms with Crippen molar-refractivity contribution in [1.82, 2.24) is 4.98 Å². The molecule has 1 rings (SSSR count). The maximum absolute atomic E-state index is 5.07. The Kier molecular flexibility index (Phi) is 5.05. The summed E-state index contributed by atoms with van der Waals surface area (Å²) in [7, 11) is 1.72. The van der Waals surface area contributed by atoms with Crippen LogP contribution in [0.3, 0.4) is 0 Å². The highest BCUT2D eigenvalue weighted by atomic mass is 79.9. The molecule has 0 amide bonds. The molecule has 3 nitrogen and oxygen atoms in total. The van der Waals surface area contributed by atoms with E-state index >= 15 is 0 Å². The van der Waals surface area contributed by atoms with E-state index < -0.39 is 0 Å². The molecule has 84 valence electrons. The van der Waals surface area contributed by atoms with E-state index in [1.54, 1.807) is 7.11 Å². The zero-order valence-corrected chi connectivity index (χ0v) is 11.0. The SMILES string of the molecule is COCC(C)CNc1ccc(Br)c(C)n1. The highest BCUT2D eigenvalue weighted by molar-refractivity contribution is 9.10. The fourth-order valence-electron chi connectivity index (χ4n) is 1.26. The minimum absolute atomic E-state index is 0.487. The summed E-state index contributed by atoms with van der Waals surface area (Å²) in [4.78, 5) is 4.41. The minimum atomic E-state index is 0.487. The molecule has 0 aliphatic heterocycles. The number of aryl methyl sites for hydroxylation is 1. The van der Waals surface area contributed by atoms with Gasteiger partial charge >= 0.3 is 0 Å². The summed E-state index contributed by atoms with van der Waals surface area (Å²) < 4.78 is 6.11. The Balaban J connectivity index is 2.47. The van der Waals surface area contributed by atoms with E-state index in [4.69, 9.17) is 4.74 Å². The first-order valence-corrected chi connectivity index (χ1v) is 5.78. The van der Waals surface area contributed by atoms with Crippen molar-refractivity contribution < 1.29 is 4.74 Å². The molecule has 15 heavy (non-hydrogen) atoms. The van der Waals surface area contributed by atoms with Gasteiger partial charge < -0.3 is 10.1 Å². The third kappa shape index (κ3) is 4.18. The van der Waals surface area contributed by atoms with Crippen molar-refractivity contribution >= 4 is 21.7 Å². The largest absolute Gasteiger partial charge is 0.384 e. The normalized spacial score (nSPS) is 12.5. The lowest BCUT2D eigenvalue weighted by molar-refractivity contribution is 0.164. The second-order valence-electron chi connectivity index (χ2n) is 3.71. The van der Waals surface area contributed by atoms with Gasteiger partial charge in [-0.15, -0.1) is 0 Å². The Morgan fingerprint density at radius 3 is 2.87 bits per heavy atom. The average Bonchev–Trinajstić information content (AvgIpc) is 2.20. The summed E-state index contributed by atoms with van der Waals surface area (Å²) in [6.07, 6.45) is 0. The van der Waals surface area contributed by atoms with Crippen LogP contribution in [0.5, 0.6) is 0 Å². The Bertz CT molecular complexity index is 317. The van der Waals surface area contributed by atoms with Gasteiger partial charge in [-0.1, -0.05) is 6.92 Å². The smallest absolute Gasteiger partial charge is 0.126 e. The van der Waals surface area contributed by atoms with Gasteiger partial charge in [0, 0.05) is 18.1 Å². The van der Waals surface area contributed by atoms with Crippen molar-refractivity contribution in [2.45, 2.75) is 13.8 Å². The molecular weight excluding hydrogens is 256 g/mol. The molecular formula is C11H17BrN2O. The molecule has 0 saturated carbocycles. The molecule has 0 saturated heterocycles. The number of ether oxygens (including phenoxy) is 1. The lowest BCUT2D eigenvalue weighted by atomic mass is 10.2. The Morgan fingerprint density at radius 1 is 1.53 bits per heavy atom. The summed E-state index contributed by atoms with van der Waals surface area (Å²) in [5.74, 6) is 1.40. The second kappa shape index (κ2) is 6.08. The van der Waals surface area contributed by atoms with Crippen LogP contribution < -0.4 is 5.32 Å². The molecule has 0 fully saturated rings. The van der Waals surface area contributed by atoms with Crippen molar-refractivity contribution in [2.75, 3.05) is 25.6 Å². The molecule has 1 unspecified atom stereocenters. The Hall–Kier alpha value is -0.610. The van der Waals surface area contributed by atoms with Gasteiger partial charge in [0.2, 0.25) is 0 Å². The first-order valence-electron chi connectivity index (χ1n) is 4.99. The van der Waals surface area contributed by atoms with Crippen molar-refractivity contribution in [3.63, 3.8) is 0 Å². The number of pyridine rings is 1. The molecule has 1 heterocycles. The molecule has 1 N–H and O–H groups in total. The molecule has 1 aromatic heterocycles. The van der Waals surface area contributed by atoms with Crippen LogP contribution in [0.15, 0.2) is 16.6 Å². The maximum atomic E-state index is 5.07. The maximum Gasteiger partial charge on any atom is 0.126 e. The fraction of sp³-hybridized carbons (Fsp3) is 0.545. The molecule has 0 aliphatic carbocycles. The number of nitrogens with zero attached hydrogens (tertiary/aromatic N) is 1. The number of hydrogen-bond acceptors (Lipinski definition) is 3. The number of methoxy groups -OCH3 is 1. The highest BCUT2D eigenvalue weighted by Crippen LogP contribution is 2.16. The van der Waals surface area contributed by atoms with Crippen molar-refractivity contribution in [1.29, 1.82) is 0 Å². The number of nitrogens with one attached hydrogen (secondary N) is 1. The van der Waals surface area contributed by atoms with E-state index in [-0.39, 0.29) is 0 Å². The second-order valence-corrected chi connectivity index (χ2v) is 4.56. The van der Waals surface area contributed by atoms with Crippen LogP contribution in [0.2, 0.25) is 0 Å². The lowest BCUT2D eigenvalue weighted by Crippen LogP contribution is -2.16. The van der Waals surface area contributed by atoms with E-state index in [1.807, 2.05) is 19.1 Å². The summed E-state index contributed by atoms with van der Waals surface area (Å²) >= 11 is 3.42. The fourth-order valence-corrected chi connectivity index (χ4v) is 1.49. The number of rotatable bonds is 5. The van der Waals surface area contributed by atoms with Crippen LogP contribution in [0.4, 0.5) is 5.82 Å². The van der Waals surface area contributed by atoms with Crippen molar-refractivity contribution in [3.05, 3.63) is 22.3 Å². The Labute approximate surface area is 99.4 Å². The predicted octanol–water partition coefficient (Wildman–Crippen LogP) is 2.85. The number of anilines is 1. The van der Waals surface area contributed by atoms with Gasteiger partial charge in [0.15, 0.2) is 0 Å². The van der Waals surface area contributed by atoms with E-state index in [0.29, 0.717) is 5.92 Å². The first-order chi connectivity index (χ1) is 7.13. The van der Waals surface area contributed by atoms with Crippen LogP contribution in [0.1, 0.15) is 12.6 Å². The number of aromatic nitrogens is 1. The third-order valence-electron chi connectivity index (χ3n) is 2.10. The predicted molar refractivity (Wildman–Crippen MR) is 66.2 cm³/mol. The molecule has 0 aliphatic rings. The van der Waals surface area contributed by atoms with Crippen LogP contribution >= 0.6 is 15.9 Å². The minimum Gasteiger partial charge on any atom is -0.384 e. The Morgan fingerprint density at radius 2 is 2.27 bits per heavy atom. The van der Waals surface area contributed by atoms with Gasteiger partial charge in [0.05, 0.1) is 12.3 Å². The quantitative estimate of drug-likeness (QED) is 0.895. The molecule has 4 heteroatoms. The standard InChI is InChI=1S/C11H17BrN2O/c1-8(7-15-3)6-13-11-5-4-10(12)9(2)14-11/h4-5,8H,6-7H2,1-3H3,(H,13,14). The zero-order valence-electron chi connectivity index (χ0n) is 9.38. The summed E-state index contributed by atoms with van der Waals surface area (Å²) in [6, 6.07) is 3.97. The summed E-state index contributed by atoms with van der Waals surface area (Å²) in [5.41, 5.74) is 0.999. The molecule has 1 atom stereocenters. The summed E-state index contributed by atoms with van der Waals surface area (Å²) in [5, 5.41) is 3.29. The van der Waals surface area contributed by atoms with Crippen LogP contribution in [0, 0.1) is 12.8 Å². The van der Waals surface area contributed by atoms with Gasteiger partial charge in [-0.3, -0.25) is 0 Å². The highest BCUT2D eigenvalue weighted by Gasteiger charge is 2.02. The van der Waals surface area contributed by atoms with E-state index in [0.717, 1.165) is 29.1 Å². The number of hydrogen-bond donors (Lipinski definition) is 1. The van der Waals surface area contributed by atoms with E-state index in [1.165, 1.54) is 0 Å². The molecule has 0 spiro atoms. The van der Waals surface area contributed by atoms with Crippen molar-refractivity contribution in [2.24, 2.45) is 5.92 Å². The zero-order chi connectivity index (χ0) is 11.3. The van der Waals surface area contributed by atoms with E-state index in [9.17, 15) is 0 Å². The monoisotopic (exact) mass is 272 g/mol. The molecule has 0 radical (unpaired) electrons. The van der Waals surface area contributed by atoms with Gasteiger partial charge in [-0.2, -0.15) is 0 Å². The van der Waals surface area contributed by atoms with Gasteiger partial charge in [0.1, 0.15) is 5.82 Å². The average molecular weight is 273 g/mol. The molecule has 1 aromatic rings. The van der Waals surface area contributed by atoms with Gasteiger partial charge in [-0.05, 0) is 40.9 Å². The number of halogens is 1. The third-order valence-corrected chi connectivity index (χ3v) is 2.94. The van der Waals surface area contributed by atoms with Crippen LogP contribution in [-0.2, 0) is 4.74 Å². The first kappa shape index (κ1) is 12.5. The molecule has 0 aromatic carbocycles. The van der Waals surface area contributed by atoms with Gasteiger partial charge in [-0.25, -0.2) is 4.98 Å². The molecule has 0 bridgehead atoms. The lowest BCUT2D eigenvalue weighted by Gasteiger charge is -2.12.